The van der Waals surface area contributed by atoms with Crippen molar-refractivity contribution >= 4 is 5.91 Å². The molecule has 0 radical (unpaired) electrons. The Kier molecular flexibility index (Phi) is 5.30. The maximum absolute atomic E-state index is 12.1. The molecule has 2 aromatic rings. The summed E-state index contributed by atoms with van der Waals surface area (Å²) in [5, 5.41) is 9.48. The van der Waals surface area contributed by atoms with Gasteiger partial charge in [0, 0.05) is 32.4 Å². The van der Waals surface area contributed by atoms with Gasteiger partial charge in [-0.25, -0.2) is 0 Å². The molecule has 2 atom stereocenters. The molecule has 128 valence electrons. The Bertz CT molecular complexity index is 658. The summed E-state index contributed by atoms with van der Waals surface area (Å²) in [6.07, 6.45) is 2.90. The van der Waals surface area contributed by atoms with Crippen molar-refractivity contribution in [3.8, 4) is 0 Å². The Morgan fingerprint density at radius 1 is 1.21 bits per heavy atom. The summed E-state index contributed by atoms with van der Waals surface area (Å²) in [5.41, 5.74) is 2.96. The minimum Gasteiger partial charge on any atom is -0.347 e. The number of amides is 1. The first-order chi connectivity index (χ1) is 11.6. The van der Waals surface area contributed by atoms with Crippen LogP contribution in [0.4, 0.5) is 0 Å². The maximum Gasteiger partial charge on any atom is 0.269 e. The fourth-order valence-electron chi connectivity index (χ4n) is 3.70. The zero-order valence-corrected chi connectivity index (χ0v) is 14.5. The molecule has 1 amide bonds. The highest BCUT2D eigenvalue weighted by atomic mass is 16.1. The highest BCUT2D eigenvalue weighted by Crippen LogP contribution is 2.23. The van der Waals surface area contributed by atoms with E-state index in [9.17, 15) is 4.79 Å². The van der Waals surface area contributed by atoms with Gasteiger partial charge in [-0.15, -0.1) is 0 Å². The quantitative estimate of drug-likeness (QED) is 0.888. The molecule has 0 bridgehead atoms. The number of carbonyl (C=O) groups excluding carboxylic acids is 1. The fourth-order valence-corrected chi connectivity index (χ4v) is 3.70. The van der Waals surface area contributed by atoms with E-state index in [1.165, 1.54) is 17.5 Å². The predicted molar refractivity (Wildman–Crippen MR) is 94.4 cm³/mol. The number of benzene rings is 1. The summed E-state index contributed by atoms with van der Waals surface area (Å²) in [6.45, 7) is 8.45. The average Bonchev–Trinajstić information content (AvgIpc) is 3.07. The van der Waals surface area contributed by atoms with Crippen LogP contribution in [0, 0.1) is 11.8 Å². The van der Waals surface area contributed by atoms with Crippen molar-refractivity contribution < 1.29 is 4.79 Å². The minimum absolute atomic E-state index is 0.123. The van der Waals surface area contributed by atoms with E-state index in [0.717, 1.165) is 31.5 Å². The van der Waals surface area contributed by atoms with Gasteiger partial charge in [-0.05, 0) is 35.4 Å². The molecule has 5 nitrogen and oxygen atoms in total. The summed E-state index contributed by atoms with van der Waals surface area (Å²) < 4.78 is 0. The van der Waals surface area contributed by atoms with Gasteiger partial charge in [-0.1, -0.05) is 38.1 Å². The number of hydrogen-bond acceptors (Lipinski definition) is 3. The third-order valence-corrected chi connectivity index (χ3v) is 4.64. The molecule has 2 unspecified atom stereocenters. The second-order valence-electron chi connectivity index (χ2n) is 7.06. The van der Waals surface area contributed by atoms with Gasteiger partial charge in [0.25, 0.3) is 5.91 Å². The smallest absolute Gasteiger partial charge is 0.269 e. The lowest BCUT2D eigenvalue weighted by Gasteiger charge is -2.35. The highest BCUT2D eigenvalue weighted by molar-refractivity contribution is 5.92. The lowest BCUT2D eigenvalue weighted by atomic mass is 9.91. The topological polar surface area (TPSA) is 61.0 Å². The zero-order valence-electron chi connectivity index (χ0n) is 14.5. The van der Waals surface area contributed by atoms with Crippen LogP contribution < -0.4 is 5.32 Å². The molecule has 2 heterocycles. The van der Waals surface area contributed by atoms with Crippen LogP contribution in [-0.4, -0.2) is 34.1 Å². The van der Waals surface area contributed by atoms with Crippen LogP contribution in [0.2, 0.25) is 0 Å². The van der Waals surface area contributed by atoms with E-state index in [-0.39, 0.29) is 5.91 Å². The van der Waals surface area contributed by atoms with Crippen LogP contribution in [0.3, 0.4) is 0 Å². The van der Waals surface area contributed by atoms with E-state index >= 15 is 0 Å². The van der Waals surface area contributed by atoms with Crippen molar-refractivity contribution in [2.75, 3.05) is 13.1 Å². The molecule has 1 fully saturated rings. The molecule has 1 aliphatic rings. The van der Waals surface area contributed by atoms with Crippen molar-refractivity contribution in [2.45, 2.75) is 33.4 Å². The van der Waals surface area contributed by atoms with Gasteiger partial charge in [-0.2, -0.15) is 5.10 Å². The van der Waals surface area contributed by atoms with E-state index in [2.05, 4.69) is 52.5 Å². The standard InChI is InChI=1S/C19H26N4O/c1-14-9-15(2)12-23(11-14)13-17-6-4-3-5-16(17)10-20-19(24)18-7-8-21-22-18/h3-8,14-15H,9-13H2,1-2H3,(H,20,24)(H,21,22). The number of aromatic amines is 1. The molecule has 1 aromatic heterocycles. The lowest BCUT2D eigenvalue weighted by Crippen LogP contribution is -2.38. The molecule has 0 saturated carbocycles. The van der Waals surface area contributed by atoms with Crippen LogP contribution in [0.1, 0.15) is 41.9 Å². The molecule has 0 aliphatic carbocycles. The molecule has 24 heavy (non-hydrogen) atoms. The third-order valence-electron chi connectivity index (χ3n) is 4.64. The van der Waals surface area contributed by atoms with E-state index < -0.39 is 0 Å². The predicted octanol–water partition coefficient (Wildman–Crippen LogP) is 2.82. The molecular weight excluding hydrogens is 300 g/mol. The van der Waals surface area contributed by atoms with Crippen molar-refractivity contribution in [3.63, 3.8) is 0 Å². The number of piperidine rings is 1. The van der Waals surface area contributed by atoms with Crippen LogP contribution >= 0.6 is 0 Å². The summed E-state index contributed by atoms with van der Waals surface area (Å²) in [7, 11) is 0. The van der Waals surface area contributed by atoms with Crippen molar-refractivity contribution in [1.82, 2.24) is 20.4 Å². The molecule has 1 aliphatic heterocycles. The van der Waals surface area contributed by atoms with Crippen molar-refractivity contribution in [1.29, 1.82) is 0 Å². The zero-order chi connectivity index (χ0) is 16.9. The molecule has 2 N–H and O–H groups in total. The third kappa shape index (κ3) is 4.23. The number of nitrogens with zero attached hydrogens (tertiary/aromatic N) is 2. The molecule has 3 rings (SSSR count). The fraction of sp³-hybridized carbons (Fsp3) is 0.474. The van der Waals surface area contributed by atoms with E-state index in [4.69, 9.17) is 0 Å². The minimum atomic E-state index is -0.123. The highest BCUT2D eigenvalue weighted by Gasteiger charge is 2.22. The van der Waals surface area contributed by atoms with Crippen LogP contribution in [0.25, 0.3) is 0 Å². The second-order valence-corrected chi connectivity index (χ2v) is 7.06. The molecule has 5 heteroatoms. The molecule has 0 spiro atoms. The van der Waals surface area contributed by atoms with Crippen LogP contribution in [-0.2, 0) is 13.1 Å². The van der Waals surface area contributed by atoms with Gasteiger partial charge in [0.15, 0.2) is 0 Å². The average molecular weight is 326 g/mol. The Morgan fingerprint density at radius 2 is 1.92 bits per heavy atom. The number of hydrogen-bond donors (Lipinski definition) is 2. The summed E-state index contributed by atoms with van der Waals surface area (Å²) in [5.74, 6) is 1.38. The second kappa shape index (κ2) is 7.62. The van der Waals surface area contributed by atoms with Gasteiger partial charge in [0.1, 0.15) is 5.69 Å². The largest absolute Gasteiger partial charge is 0.347 e. The summed E-state index contributed by atoms with van der Waals surface area (Å²) in [6, 6.07) is 10.0. The number of rotatable bonds is 5. The van der Waals surface area contributed by atoms with E-state index in [1.807, 2.05) is 6.07 Å². The monoisotopic (exact) mass is 326 g/mol. The van der Waals surface area contributed by atoms with E-state index in [0.29, 0.717) is 12.2 Å². The molecule has 1 saturated heterocycles. The Labute approximate surface area is 143 Å². The van der Waals surface area contributed by atoms with E-state index in [1.54, 1.807) is 12.3 Å². The number of likely N-dealkylation sites (tertiary alicyclic amines) is 1. The van der Waals surface area contributed by atoms with Crippen LogP contribution in [0.5, 0.6) is 0 Å². The number of carbonyl (C=O) groups is 1. The van der Waals surface area contributed by atoms with Gasteiger partial charge in [-0.3, -0.25) is 14.8 Å². The van der Waals surface area contributed by atoms with Gasteiger partial charge < -0.3 is 5.32 Å². The normalized spacial score (nSPS) is 21.6. The Hall–Kier alpha value is -2.14. The number of H-pyrrole nitrogens is 1. The SMILES string of the molecule is CC1CC(C)CN(Cc2ccccc2CNC(=O)c2ccn[nH]2)C1. The molecular formula is C19H26N4O. The van der Waals surface area contributed by atoms with Crippen LogP contribution in [0.15, 0.2) is 36.5 Å². The Morgan fingerprint density at radius 3 is 2.58 bits per heavy atom. The summed E-state index contributed by atoms with van der Waals surface area (Å²) >= 11 is 0. The van der Waals surface area contributed by atoms with Gasteiger partial charge >= 0.3 is 0 Å². The maximum atomic E-state index is 12.1. The van der Waals surface area contributed by atoms with Gasteiger partial charge in [0.05, 0.1) is 0 Å². The Balaban J connectivity index is 1.63. The first kappa shape index (κ1) is 16.7. The lowest BCUT2D eigenvalue weighted by molar-refractivity contribution is 0.0945. The van der Waals surface area contributed by atoms with Crippen molar-refractivity contribution in [3.05, 3.63) is 53.3 Å². The first-order valence-corrected chi connectivity index (χ1v) is 8.68. The number of aromatic nitrogens is 2. The number of nitrogens with one attached hydrogen (secondary N) is 2. The summed E-state index contributed by atoms with van der Waals surface area (Å²) in [4.78, 5) is 14.6. The van der Waals surface area contributed by atoms with Crippen molar-refractivity contribution in [2.24, 2.45) is 11.8 Å². The molecule has 1 aromatic carbocycles. The first-order valence-electron chi connectivity index (χ1n) is 8.68. The van der Waals surface area contributed by atoms with Gasteiger partial charge in [0.2, 0.25) is 0 Å².